The molecule has 0 saturated carbocycles. The van der Waals surface area contributed by atoms with Crippen LogP contribution >= 0.6 is 0 Å². The van der Waals surface area contributed by atoms with E-state index in [0.717, 1.165) is 4.57 Å². The number of nitrogens with zero attached hydrogens (tertiary/aromatic N) is 2. The first-order valence-electron chi connectivity index (χ1n) is 7.82. The van der Waals surface area contributed by atoms with Crippen molar-refractivity contribution >= 4 is 5.82 Å². The highest BCUT2D eigenvalue weighted by molar-refractivity contribution is 5.41. The standard InChI is InChI=1S/C16H16F3N3O4/c17-16(18,19)10-26-12-3-1-11(2-4-12)22-14(23)9-13(20-15(22)24)21-5-7-25-8-6-21/h1-4,9H,5-8,10H2,(H,20,24). The maximum absolute atomic E-state index is 12.4. The molecule has 0 spiro atoms. The molecule has 1 aromatic carbocycles. The number of halogens is 3. The molecule has 1 saturated heterocycles. The van der Waals surface area contributed by atoms with Gasteiger partial charge in [-0.05, 0) is 24.3 Å². The van der Waals surface area contributed by atoms with E-state index < -0.39 is 24.0 Å². The first-order chi connectivity index (χ1) is 12.3. The van der Waals surface area contributed by atoms with E-state index in [4.69, 9.17) is 4.74 Å². The molecule has 0 amide bonds. The highest BCUT2D eigenvalue weighted by Gasteiger charge is 2.28. The van der Waals surface area contributed by atoms with E-state index in [2.05, 4.69) is 9.72 Å². The number of rotatable bonds is 4. The predicted octanol–water partition coefficient (Wildman–Crippen LogP) is 1.30. The lowest BCUT2D eigenvalue weighted by atomic mass is 10.3. The summed E-state index contributed by atoms with van der Waals surface area (Å²) < 4.78 is 47.2. The first-order valence-corrected chi connectivity index (χ1v) is 7.82. The Bertz CT molecular complexity index is 837. The van der Waals surface area contributed by atoms with E-state index in [1.165, 1.54) is 30.3 Å². The van der Waals surface area contributed by atoms with Gasteiger partial charge in [0.1, 0.15) is 11.6 Å². The first kappa shape index (κ1) is 18.1. The van der Waals surface area contributed by atoms with Crippen LogP contribution in [-0.4, -0.2) is 48.6 Å². The summed E-state index contributed by atoms with van der Waals surface area (Å²) in [6.07, 6.45) is -4.44. The second-order valence-electron chi connectivity index (χ2n) is 5.63. The zero-order valence-electron chi connectivity index (χ0n) is 13.6. The molecule has 7 nitrogen and oxygen atoms in total. The number of H-pyrrole nitrogens is 1. The molecule has 1 aliphatic rings. The summed E-state index contributed by atoms with van der Waals surface area (Å²) in [7, 11) is 0. The van der Waals surface area contributed by atoms with E-state index in [9.17, 15) is 22.8 Å². The lowest BCUT2D eigenvalue weighted by Crippen LogP contribution is -2.41. The Labute approximate surface area is 145 Å². The molecule has 0 aliphatic carbocycles. The number of aromatic nitrogens is 2. The Balaban J connectivity index is 1.83. The molecule has 140 valence electrons. The topological polar surface area (TPSA) is 76.6 Å². The largest absolute Gasteiger partial charge is 0.484 e. The minimum atomic E-state index is -4.44. The van der Waals surface area contributed by atoms with Crippen LogP contribution in [0.15, 0.2) is 39.9 Å². The number of hydrogen-bond acceptors (Lipinski definition) is 5. The van der Waals surface area contributed by atoms with Crippen LogP contribution in [0.5, 0.6) is 5.75 Å². The maximum atomic E-state index is 12.4. The van der Waals surface area contributed by atoms with Gasteiger partial charge in [0.25, 0.3) is 5.56 Å². The molecule has 10 heteroatoms. The average molecular weight is 371 g/mol. The van der Waals surface area contributed by atoms with E-state index in [1.807, 2.05) is 4.90 Å². The fraction of sp³-hybridized carbons (Fsp3) is 0.375. The molecule has 1 fully saturated rings. The number of hydrogen-bond donors (Lipinski definition) is 1. The van der Waals surface area contributed by atoms with Gasteiger partial charge >= 0.3 is 11.9 Å². The van der Waals surface area contributed by atoms with Gasteiger partial charge in [0.2, 0.25) is 0 Å². The highest BCUT2D eigenvalue weighted by Crippen LogP contribution is 2.19. The molecule has 3 rings (SSSR count). The van der Waals surface area contributed by atoms with Gasteiger partial charge in [-0.3, -0.25) is 9.78 Å². The zero-order chi connectivity index (χ0) is 18.7. The quantitative estimate of drug-likeness (QED) is 0.877. The molecular weight excluding hydrogens is 355 g/mol. The SMILES string of the molecule is O=c1cc(N2CCOCC2)[nH]c(=O)n1-c1ccc(OCC(F)(F)F)cc1. The van der Waals surface area contributed by atoms with Crippen LogP contribution in [0.3, 0.4) is 0 Å². The zero-order valence-corrected chi connectivity index (χ0v) is 13.6. The van der Waals surface area contributed by atoms with Gasteiger partial charge in [0.15, 0.2) is 6.61 Å². The third kappa shape index (κ3) is 4.26. The van der Waals surface area contributed by atoms with E-state index in [0.29, 0.717) is 32.1 Å². The van der Waals surface area contributed by atoms with E-state index in [-0.39, 0.29) is 11.4 Å². The second-order valence-corrected chi connectivity index (χ2v) is 5.63. The summed E-state index contributed by atoms with van der Waals surface area (Å²) in [4.78, 5) is 29.1. The van der Waals surface area contributed by atoms with Crippen molar-refractivity contribution in [3.05, 3.63) is 51.2 Å². The Hall–Kier alpha value is -2.75. The molecule has 0 atom stereocenters. The van der Waals surface area contributed by atoms with Crippen LogP contribution < -0.4 is 20.9 Å². The third-order valence-corrected chi connectivity index (χ3v) is 3.77. The van der Waals surface area contributed by atoms with E-state index >= 15 is 0 Å². The Kier molecular flexibility index (Phi) is 5.03. The number of morpholine rings is 1. The molecule has 2 heterocycles. The molecule has 0 unspecified atom stereocenters. The molecule has 26 heavy (non-hydrogen) atoms. The number of anilines is 1. The number of aromatic amines is 1. The number of benzene rings is 1. The summed E-state index contributed by atoms with van der Waals surface area (Å²) in [6.45, 7) is 0.714. The van der Waals surface area contributed by atoms with Gasteiger partial charge in [-0.2, -0.15) is 13.2 Å². The van der Waals surface area contributed by atoms with Gasteiger partial charge in [0.05, 0.1) is 18.9 Å². The van der Waals surface area contributed by atoms with Gasteiger partial charge in [-0.15, -0.1) is 0 Å². The van der Waals surface area contributed by atoms with Crippen LogP contribution in [0.25, 0.3) is 5.69 Å². The number of ether oxygens (including phenoxy) is 2. The number of nitrogens with one attached hydrogen (secondary N) is 1. The molecule has 1 aliphatic heterocycles. The van der Waals surface area contributed by atoms with Gasteiger partial charge in [-0.25, -0.2) is 9.36 Å². The molecular formula is C16H16F3N3O4. The van der Waals surface area contributed by atoms with Crippen LogP contribution in [0.1, 0.15) is 0 Å². The fourth-order valence-electron chi connectivity index (χ4n) is 2.56. The van der Waals surface area contributed by atoms with Crippen molar-refractivity contribution in [2.75, 3.05) is 37.8 Å². The predicted molar refractivity (Wildman–Crippen MR) is 87.2 cm³/mol. The minimum Gasteiger partial charge on any atom is -0.484 e. The molecule has 1 aromatic heterocycles. The summed E-state index contributed by atoms with van der Waals surface area (Å²) in [6, 6.07) is 6.53. The van der Waals surface area contributed by atoms with Crippen molar-refractivity contribution < 1.29 is 22.6 Å². The van der Waals surface area contributed by atoms with Crippen molar-refractivity contribution in [2.45, 2.75) is 6.18 Å². The van der Waals surface area contributed by atoms with Gasteiger partial charge < -0.3 is 14.4 Å². The van der Waals surface area contributed by atoms with Crippen molar-refractivity contribution in [1.29, 1.82) is 0 Å². The minimum absolute atomic E-state index is 0.0134. The van der Waals surface area contributed by atoms with Gasteiger partial charge in [-0.1, -0.05) is 0 Å². The summed E-state index contributed by atoms with van der Waals surface area (Å²) >= 11 is 0. The highest BCUT2D eigenvalue weighted by atomic mass is 19.4. The normalized spacial score (nSPS) is 15.1. The van der Waals surface area contributed by atoms with Crippen LogP contribution in [0.2, 0.25) is 0 Å². The summed E-state index contributed by atoms with van der Waals surface area (Å²) in [5.41, 5.74) is -0.953. The molecule has 0 bridgehead atoms. The molecule has 0 radical (unpaired) electrons. The lowest BCUT2D eigenvalue weighted by molar-refractivity contribution is -0.153. The maximum Gasteiger partial charge on any atom is 0.422 e. The van der Waals surface area contributed by atoms with Gasteiger partial charge in [0, 0.05) is 19.2 Å². The second kappa shape index (κ2) is 7.24. The summed E-state index contributed by atoms with van der Waals surface area (Å²) in [5, 5.41) is 0. The van der Waals surface area contributed by atoms with E-state index in [1.54, 1.807) is 0 Å². The van der Waals surface area contributed by atoms with Crippen LogP contribution in [-0.2, 0) is 4.74 Å². The molecule has 1 N–H and O–H groups in total. The Morgan fingerprint density at radius 3 is 2.35 bits per heavy atom. The number of alkyl halides is 3. The van der Waals surface area contributed by atoms with Crippen molar-refractivity contribution in [3.63, 3.8) is 0 Å². The van der Waals surface area contributed by atoms with Crippen molar-refractivity contribution in [1.82, 2.24) is 9.55 Å². The lowest BCUT2D eigenvalue weighted by Gasteiger charge is -2.28. The average Bonchev–Trinajstić information content (AvgIpc) is 2.60. The monoisotopic (exact) mass is 371 g/mol. The van der Waals surface area contributed by atoms with Crippen molar-refractivity contribution in [3.8, 4) is 11.4 Å². The Morgan fingerprint density at radius 1 is 1.12 bits per heavy atom. The van der Waals surface area contributed by atoms with Crippen LogP contribution in [0.4, 0.5) is 19.0 Å². The third-order valence-electron chi connectivity index (χ3n) is 3.77. The fourth-order valence-corrected chi connectivity index (χ4v) is 2.56. The Morgan fingerprint density at radius 2 is 1.77 bits per heavy atom. The van der Waals surface area contributed by atoms with Crippen molar-refractivity contribution in [2.24, 2.45) is 0 Å². The summed E-state index contributed by atoms with van der Waals surface area (Å²) in [5.74, 6) is 0.394. The smallest absolute Gasteiger partial charge is 0.422 e. The molecule has 2 aromatic rings. The van der Waals surface area contributed by atoms with Crippen LogP contribution in [0, 0.1) is 0 Å².